The molecule has 1 aliphatic heterocycles. The lowest BCUT2D eigenvalue weighted by Crippen LogP contribution is -2.31. The third-order valence-electron chi connectivity index (χ3n) is 3.78. The summed E-state index contributed by atoms with van der Waals surface area (Å²) in [6, 6.07) is 2.21. The molecule has 1 heterocycles. The van der Waals surface area contributed by atoms with E-state index in [1.807, 2.05) is 0 Å². The molecular formula is C16H18FN3O3. The number of carbonyl (C=O) groups excluding carboxylic acids is 2. The summed E-state index contributed by atoms with van der Waals surface area (Å²) >= 11 is 0. The van der Waals surface area contributed by atoms with E-state index in [0.717, 1.165) is 25.3 Å². The minimum Gasteiger partial charge on any atom is -0.478 e. The number of halogens is 1. The van der Waals surface area contributed by atoms with Crippen LogP contribution in [0.5, 0.6) is 5.75 Å². The van der Waals surface area contributed by atoms with Gasteiger partial charge in [-0.3, -0.25) is 4.79 Å². The molecule has 1 aromatic rings. The lowest BCUT2D eigenvalue weighted by Gasteiger charge is -2.19. The number of rotatable bonds is 3. The van der Waals surface area contributed by atoms with Crippen LogP contribution in [-0.4, -0.2) is 25.1 Å². The standard InChI is InChI=1S/C16H18FN3O3/c17-12-6-11(7-13-15(12)23-9-14(21)20-13)19-16(22)18-8-10-4-2-1-3-5-10/h4,6-7H,1-3,5,8-9H2,(H,20,21)(H2,18,19,22). The van der Waals surface area contributed by atoms with Gasteiger partial charge in [0.25, 0.3) is 5.91 Å². The second kappa shape index (κ2) is 6.68. The Morgan fingerprint density at radius 1 is 1.35 bits per heavy atom. The first kappa shape index (κ1) is 15.3. The number of hydrogen-bond acceptors (Lipinski definition) is 3. The van der Waals surface area contributed by atoms with Crippen molar-refractivity contribution in [3.05, 3.63) is 29.6 Å². The first-order chi connectivity index (χ1) is 11.1. The molecule has 6 nitrogen and oxygen atoms in total. The summed E-state index contributed by atoms with van der Waals surface area (Å²) in [4.78, 5) is 23.2. The molecule has 23 heavy (non-hydrogen) atoms. The van der Waals surface area contributed by atoms with E-state index in [-0.39, 0.29) is 29.6 Å². The van der Waals surface area contributed by atoms with E-state index in [1.54, 1.807) is 0 Å². The molecule has 0 aromatic heterocycles. The van der Waals surface area contributed by atoms with Gasteiger partial charge in [-0.05, 0) is 31.7 Å². The Bertz CT molecular complexity index is 673. The molecule has 2 aliphatic rings. The molecule has 0 atom stereocenters. The summed E-state index contributed by atoms with van der Waals surface area (Å²) in [5.41, 5.74) is 1.68. The van der Waals surface area contributed by atoms with E-state index in [9.17, 15) is 14.0 Å². The van der Waals surface area contributed by atoms with Gasteiger partial charge in [0.1, 0.15) is 0 Å². The summed E-state index contributed by atoms with van der Waals surface area (Å²) in [5, 5.41) is 7.83. The average molecular weight is 319 g/mol. The van der Waals surface area contributed by atoms with Crippen molar-refractivity contribution in [3.8, 4) is 5.75 Å². The fourth-order valence-electron chi connectivity index (χ4n) is 2.66. The van der Waals surface area contributed by atoms with E-state index < -0.39 is 11.8 Å². The molecule has 1 aliphatic carbocycles. The van der Waals surface area contributed by atoms with Gasteiger partial charge in [0, 0.05) is 18.3 Å². The van der Waals surface area contributed by atoms with Crippen LogP contribution < -0.4 is 20.7 Å². The Morgan fingerprint density at radius 3 is 3.00 bits per heavy atom. The van der Waals surface area contributed by atoms with Gasteiger partial charge in [-0.25, -0.2) is 9.18 Å². The van der Waals surface area contributed by atoms with E-state index in [4.69, 9.17) is 4.74 Å². The van der Waals surface area contributed by atoms with Gasteiger partial charge >= 0.3 is 6.03 Å². The molecule has 0 saturated carbocycles. The van der Waals surface area contributed by atoms with Gasteiger partial charge in [-0.2, -0.15) is 0 Å². The van der Waals surface area contributed by atoms with Crippen LogP contribution in [0.4, 0.5) is 20.6 Å². The van der Waals surface area contributed by atoms with Crippen molar-refractivity contribution >= 4 is 23.3 Å². The lowest BCUT2D eigenvalue weighted by atomic mass is 10.00. The third-order valence-corrected chi connectivity index (χ3v) is 3.78. The molecule has 3 N–H and O–H groups in total. The zero-order valence-electron chi connectivity index (χ0n) is 12.6. The van der Waals surface area contributed by atoms with E-state index in [0.29, 0.717) is 6.54 Å². The normalized spacial score (nSPS) is 16.6. The Kier molecular flexibility index (Phi) is 4.45. The smallest absolute Gasteiger partial charge is 0.319 e. The number of hydrogen-bond donors (Lipinski definition) is 3. The first-order valence-corrected chi connectivity index (χ1v) is 7.61. The van der Waals surface area contributed by atoms with Crippen molar-refractivity contribution in [3.63, 3.8) is 0 Å². The fourth-order valence-corrected chi connectivity index (χ4v) is 2.66. The summed E-state index contributed by atoms with van der Waals surface area (Å²) in [5.74, 6) is -1.00. The first-order valence-electron chi connectivity index (χ1n) is 7.61. The highest BCUT2D eigenvalue weighted by molar-refractivity contribution is 5.97. The van der Waals surface area contributed by atoms with E-state index >= 15 is 0 Å². The van der Waals surface area contributed by atoms with Crippen molar-refractivity contribution < 1.29 is 18.7 Å². The molecule has 1 aromatic carbocycles. The number of ether oxygens (including phenoxy) is 1. The van der Waals surface area contributed by atoms with Gasteiger partial charge in [-0.15, -0.1) is 0 Å². The third kappa shape index (κ3) is 3.80. The molecule has 0 spiro atoms. The maximum absolute atomic E-state index is 13.9. The van der Waals surface area contributed by atoms with Crippen LogP contribution in [-0.2, 0) is 4.79 Å². The molecule has 0 bridgehead atoms. The molecule has 0 fully saturated rings. The van der Waals surface area contributed by atoms with E-state index in [1.165, 1.54) is 18.1 Å². The van der Waals surface area contributed by atoms with Gasteiger partial charge in [0.05, 0.1) is 5.69 Å². The molecular weight excluding hydrogens is 301 g/mol. The number of amides is 3. The molecule has 0 unspecified atom stereocenters. The van der Waals surface area contributed by atoms with Crippen LogP contribution in [0, 0.1) is 5.82 Å². The quantitative estimate of drug-likeness (QED) is 0.750. The lowest BCUT2D eigenvalue weighted by molar-refractivity contribution is -0.118. The highest BCUT2D eigenvalue weighted by atomic mass is 19.1. The predicted octanol–water partition coefficient (Wildman–Crippen LogP) is 2.78. The number of carbonyl (C=O) groups is 2. The zero-order chi connectivity index (χ0) is 16.2. The minimum absolute atomic E-state index is 0.0112. The maximum Gasteiger partial charge on any atom is 0.319 e. The van der Waals surface area contributed by atoms with Crippen molar-refractivity contribution in [2.75, 3.05) is 23.8 Å². The molecule has 0 saturated heterocycles. The summed E-state index contributed by atoms with van der Waals surface area (Å²) < 4.78 is 19.0. The summed E-state index contributed by atoms with van der Waals surface area (Å²) in [6.45, 7) is 0.269. The SMILES string of the molecule is O=C1COc2c(F)cc(NC(=O)NCC3=CCCCC3)cc2N1. The monoisotopic (exact) mass is 319 g/mol. The van der Waals surface area contributed by atoms with Crippen LogP contribution in [0.25, 0.3) is 0 Å². The Labute approximate surface area is 133 Å². The van der Waals surface area contributed by atoms with Crippen molar-refractivity contribution in [1.82, 2.24) is 5.32 Å². The molecule has 122 valence electrons. The topological polar surface area (TPSA) is 79.5 Å². The van der Waals surface area contributed by atoms with Gasteiger partial charge < -0.3 is 20.7 Å². The van der Waals surface area contributed by atoms with Crippen LogP contribution in [0.2, 0.25) is 0 Å². The van der Waals surface area contributed by atoms with Crippen LogP contribution >= 0.6 is 0 Å². The fraction of sp³-hybridized carbons (Fsp3) is 0.375. The van der Waals surface area contributed by atoms with Gasteiger partial charge in [0.15, 0.2) is 18.2 Å². The molecule has 3 rings (SSSR count). The molecule has 7 heteroatoms. The summed E-state index contributed by atoms with van der Waals surface area (Å²) in [6.07, 6.45) is 6.53. The van der Waals surface area contributed by atoms with Crippen LogP contribution in [0.1, 0.15) is 25.7 Å². The van der Waals surface area contributed by atoms with Crippen molar-refractivity contribution in [2.45, 2.75) is 25.7 Å². The van der Waals surface area contributed by atoms with Crippen LogP contribution in [0.15, 0.2) is 23.8 Å². The minimum atomic E-state index is -0.632. The Morgan fingerprint density at radius 2 is 2.22 bits per heavy atom. The number of anilines is 2. The second-order valence-electron chi connectivity index (χ2n) is 5.59. The Balaban J connectivity index is 1.62. The van der Waals surface area contributed by atoms with Crippen molar-refractivity contribution in [1.29, 1.82) is 0 Å². The van der Waals surface area contributed by atoms with Gasteiger partial charge in [0.2, 0.25) is 0 Å². The van der Waals surface area contributed by atoms with E-state index in [2.05, 4.69) is 22.0 Å². The number of urea groups is 1. The largest absolute Gasteiger partial charge is 0.478 e. The average Bonchev–Trinajstić information content (AvgIpc) is 2.53. The number of fused-ring (bicyclic) bond motifs is 1. The van der Waals surface area contributed by atoms with Gasteiger partial charge in [-0.1, -0.05) is 11.6 Å². The van der Waals surface area contributed by atoms with Crippen LogP contribution in [0.3, 0.4) is 0 Å². The number of allylic oxidation sites excluding steroid dienone is 1. The molecule has 0 radical (unpaired) electrons. The molecule has 3 amide bonds. The Hall–Kier alpha value is -2.57. The highest BCUT2D eigenvalue weighted by Gasteiger charge is 2.21. The second-order valence-corrected chi connectivity index (χ2v) is 5.59. The van der Waals surface area contributed by atoms with Crippen molar-refractivity contribution in [2.24, 2.45) is 0 Å². The highest BCUT2D eigenvalue weighted by Crippen LogP contribution is 2.33. The zero-order valence-corrected chi connectivity index (χ0v) is 12.6. The predicted molar refractivity (Wildman–Crippen MR) is 84.1 cm³/mol. The number of nitrogens with one attached hydrogen (secondary N) is 3. The number of benzene rings is 1. The maximum atomic E-state index is 13.9. The summed E-state index contributed by atoms with van der Waals surface area (Å²) in [7, 11) is 0.